The number of alkyl halides is 2. The largest absolute Gasteiger partial charge is 0.356 e. The number of benzene rings is 1. The van der Waals surface area contributed by atoms with Crippen molar-refractivity contribution in [1.29, 1.82) is 0 Å². The zero-order chi connectivity index (χ0) is 21.5. The summed E-state index contributed by atoms with van der Waals surface area (Å²) in [7, 11) is 1.78. The number of amides is 2. The Balaban J connectivity index is 1.39. The van der Waals surface area contributed by atoms with Crippen LogP contribution in [-0.4, -0.2) is 28.8 Å². The minimum Gasteiger partial charge on any atom is -0.356 e. The lowest BCUT2D eigenvalue weighted by atomic mass is 10.0. The average Bonchev–Trinajstić information content (AvgIpc) is 3.40. The van der Waals surface area contributed by atoms with Crippen LogP contribution in [0.1, 0.15) is 39.9 Å². The van der Waals surface area contributed by atoms with Gasteiger partial charge in [0, 0.05) is 43.4 Å². The zero-order valence-electron chi connectivity index (χ0n) is 16.1. The van der Waals surface area contributed by atoms with E-state index in [-0.39, 0.29) is 42.0 Å². The number of hydrogen-bond donors (Lipinski definition) is 2. The maximum absolute atomic E-state index is 14.3. The minimum absolute atomic E-state index is 0.00672. The predicted octanol–water partition coefficient (Wildman–Crippen LogP) is 2.89. The highest BCUT2D eigenvalue weighted by Crippen LogP contribution is 2.44. The number of halogens is 3. The molecule has 2 amide bonds. The third-order valence-corrected chi connectivity index (χ3v) is 5.11. The highest BCUT2D eigenvalue weighted by molar-refractivity contribution is 6.05. The first-order chi connectivity index (χ1) is 14.2. The molecule has 156 valence electrons. The monoisotopic (exact) mass is 416 g/mol. The smallest absolute Gasteiger partial charge is 0.273 e. The van der Waals surface area contributed by atoms with Crippen LogP contribution >= 0.6 is 0 Å². The molecule has 1 aliphatic carbocycles. The number of aliphatic imine (C=N–C) groups is 1. The van der Waals surface area contributed by atoms with Gasteiger partial charge < -0.3 is 15.2 Å². The molecule has 9 heteroatoms. The number of carbonyl (C=O) groups is 2. The van der Waals surface area contributed by atoms with Gasteiger partial charge in [0.1, 0.15) is 11.7 Å². The molecule has 2 aromatic rings. The number of rotatable bonds is 4. The topological polar surface area (TPSA) is 75.5 Å². The van der Waals surface area contributed by atoms with Gasteiger partial charge in [-0.25, -0.2) is 18.2 Å². The molecule has 0 bridgehead atoms. The van der Waals surface area contributed by atoms with Crippen LogP contribution in [0.3, 0.4) is 0 Å². The molecule has 0 saturated heterocycles. The van der Waals surface area contributed by atoms with Crippen molar-refractivity contribution >= 4 is 23.3 Å². The quantitative estimate of drug-likeness (QED) is 0.804. The van der Waals surface area contributed by atoms with E-state index in [1.165, 1.54) is 12.1 Å². The summed E-state index contributed by atoms with van der Waals surface area (Å²) in [5, 5.41) is 5.08. The summed E-state index contributed by atoms with van der Waals surface area (Å²) >= 11 is 0. The van der Waals surface area contributed by atoms with Gasteiger partial charge in [-0.3, -0.25) is 9.59 Å². The SMILES string of the molecule is Cn1ccc(C(=O)NCC(=O)NC2=NC(c3cc(F)c4c(c3)C(F)(F)CC4)=CC2)c1. The molecule has 2 aliphatic rings. The molecule has 0 fully saturated rings. The van der Waals surface area contributed by atoms with Crippen LogP contribution in [-0.2, 0) is 24.2 Å². The Hall–Kier alpha value is -3.36. The molecule has 0 unspecified atom stereocenters. The van der Waals surface area contributed by atoms with Crippen LogP contribution in [0, 0.1) is 5.82 Å². The molecule has 6 nitrogen and oxygen atoms in total. The van der Waals surface area contributed by atoms with Crippen molar-refractivity contribution in [3.8, 4) is 0 Å². The van der Waals surface area contributed by atoms with Crippen molar-refractivity contribution in [2.45, 2.75) is 25.2 Å². The molecule has 1 aromatic carbocycles. The molecule has 0 radical (unpaired) electrons. The molecule has 1 aromatic heterocycles. The van der Waals surface area contributed by atoms with E-state index in [1.54, 1.807) is 36.2 Å². The Bertz CT molecular complexity index is 1100. The van der Waals surface area contributed by atoms with E-state index in [9.17, 15) is 22.8 Å². The third-order valence-electron chi connectivity index (χ3n) is 5.11. The van der Waals surface area contributed by atoms with Crippen LogP contribution in [0.5, 0.6) is 0 Å². The number of aromatic nitrogens is 1. The molecule has 0 atom stereocenters. The van der Waals surface area contributed by atoms with E-state index in [0.717, 1.165) is 0 Å². The molecule has 4 rings (SSSR count). The van der Waals surface area contributed by atoms with Crippen molar-refractivity contribution in [2.75, 3.05) is 6.54 Å². The van der Waals surface area contributed by atoms with Crippen molar-refractivity contribution in [1.82, 2.24) is 15.2 Å². The lowest BCUT2D eigenvalue weighted by Crippen LogP contribution is -2.39. The Morgan fingerprint density at radius 3 is 2.83 bits per heavy atom. The Kier molecular flexibility index (Phi) is 4.97. The lowest BCUT2D eigenvalue weighted by molar-refractivity contribution is -0.118. The summed E-state index contributed by atoms with van der Waals surface area (Å²) in [6.45, 7) is -0.248. The number of nitrogens with one attached hydrogen (secondary N) is 2. The van der Waals surface area contributed by atoms with E-state index in [4.69, 9.17) is 0 Å². The lowest BCUT2D eigenvalue weighted by Gasteiger charge is -2.12. The summed E-state index contributed by atoms with van der Waals surface area (Å²) in [5.74, 6) is -4.27. The second-order valence-corrected chi connectivity index (χ2v) is 7.34. The fourth-order valence-electron chi connectivity index (χ4n) is 3.58. The van der Waals surface area contributed by atoms with Gasteiger partial charge >= 0.3 is 0 Å². The Labute approximate surface area is 170 Å². The van der Waals surface area contributed by atoms with E-state index < -0.39 is 24.1 Å². The van der Waals surface area contributed by atoms with Crippen molar-refractivity contribution in [3.05, 3.63) is 64.7 Å². The highest BCUT2D eigenvalue weighted by atomic mass is 19.3. The van der Waals surface area contributed by atoms with Gasteiger partial charge in [0.05, 0.1) is 17.8 Å². The summed E-state index contributed by atoms with van der Waals surface area (Å²) in [4.78, 5) is 28.3. The summed E-state index contributed by atoms with van der Waals surface area (Å²) < 4.78 is 44.0. The van der Waals surface area contributed by atoms with E-state index in [1.807, 2.05) is 0 Å². The Morgan fingerprint density at radius 2 is 2.10 bits per heavy atom. The highest BCUT2D eigenvalue weighted by Gasteiger charge is 2.41. The average molecular weight is 416 g/mol. The summed E-state index contributed by atoms with van der Waals surface area (Å²) in [6.07, 6.45) is 4.85. The standard InChI is InChI=1S/C21H19F3N4O2/c1-28-7-5-12(11-28)20(30)25-10-19(29)27-18-3-2-17(26-18)13-8-15-14(16(22)9-13)4-6-21(15,23)24/h2,5,7-9,11H,3-4,6,10H2,1H3,(H,25,30)(H,26,27,29). The van der Waals surface area contributed by atoms with Gasteiger partial charge in [-0.15, -0.1) is 0 Å². The zero-order valence-corrected chi connectivity index (χ0v) is 16.1. The first-order valence-electron chi connectivity index (χ1n) is 9.42. The van der Waals surface area contributed by atoms with Crippen molar-refractivity contribution in [3.63, 3.8) is 0 Å². The molecule has 30 heavy (non-hydrogen) atoms. The maximum Gasteiger partial charge on any atom is 0.273 e. The molecular weight excluding hydrogens is 397 g/mol. The molecular formula is C21H19F3N4O2. The number of carbonyl (C=O) groups excluding carboxylic acids is 2. The molecule has 0 saturated carbocycles. The fourth-order valence-corrected chi connectivity index (χ4v) is 3.58. The van der Waals surface area contributed by atoms with Crippen LogP contribution in [0.4, 0.5) is 13.2 Å². The van der Waals surface area contributed by atoms with Gasteiger partial charge in [0.2, 0.25) is 5.91 Å². The van der Waals surface area contributed by atoms with E-state index in [0.29, 0.717) is 17.1 Å². The van der Waals surface area contributed by atoms with Crippen LogP contribution in [0.25, 0.3) is 5.70 Å². The van der Waals surface area contributed by atoms with Gasteiger partial charge in [-0.05, 0) is 30.2 Å². The van der Waals surface area contributed by atoms with Crippen LogP contribution in [0.2, 0.25) is 0 Å². The maximum atomic E-state index is 14.3. The predicted molar refractivity (Wildman–Crippen MR) is 105 cm³/mol. The molecule has 2 N–H and O–H groups in total. The van der Waals surface area contributed by atoms with Crippen molar-refractivity contribution in [2.24, 2.45) is 12.0 Å². The first kappa shape index (κ1) is 19.9. The number of amidine groups is 1. The van der Waals surface area contributed by atoms with Crippen molar-refractivity contribution < 1.29 is 22.8 Å². The first-order valence-corrected chi connectivity index (χ1v) is 9.42. The molecule has 0 spiro atoms. The number of hydrogen-bond acceptors (Lipinski definition) is 3. The number of aryl methyl sites for hydroxylation is 1. The normalized spacial score (nSPS) is 16.7. The Morgan fingerprint density at radius 1 is 1.30 bits per heavy atom. The van der Waals surface area contributed by atoms with Gasteiger partial charge in [-0.2, -0.15) is 0 Å². The summed E-state index contributed by atoms with van der Waals surface area (Å²) in [5.41, 5.74) is 0.754. The third kappa shape index (κ3) is 3.87. The second-order valence-electron chi connectivity index (χ2n) is 7.34. The van der Waals surface area contributed by atoms with E-state index in [2.05, 4.69) is 15.6 Å². The molecule has 1 aliphatic heterocycles. The van der Waals surface area contributed by atoms with E-state index >= 15 is 0 Å². The second kappa shape index (κ2) is 7.47. The minimum atomic E-state index is -3.05. The molecule has 2 heterocycles. The summed E-state index contributed by atoms with van der Waals surface area (Å²) in [6, 6.07) is 4.09. The number of fused-ring (bicyclic) bond motifs is 1. The van der Waals surface area contributed by atoms with Gasteiger partial charge in [0.25, 0.3) is 11.8 Å². The van der Waals surface area contributed by atoms with Gasteiger partial charge in [0.15, 0.2) is 0 Å². The van der Waals surface area contributed by atoms with Gasteiger partial charge in [-0.1, -0.05) is 6.08 Å². The fraction of sp³-hybridized carbons (Fsp3) is 0.286. The number of nitrogens with zero attached hydrogens (tertiary/aromatic N) is 2. The van der Waals surface area contributed by atoms with Crippen LogP contribution < -0.4 is 10.6 Å². The van der Waals surface area contributed by atoms with Crippen LogP contribution in [0.15, 0.2) is 41.7 Å².